The summed E-state index contributed by atoms with van der Waals surface area (Å²) in [6, 6.07) is 9.97. The highest BCUT2D eigenvalue weighted by molar-refractivity contribution is 5.94. The van der Waals surface area contributed by atoms with Crippen LogP contribution in [-0.2, 0) is 4.79 Å². The molecule has 0 aliphatic rings. The van der Waals surface area contributed by atoms with Gasteiger partial charge in [0.15, 0.2) is 0 Å². The Morgan fingerprint density at radius 1 is 1.05 bits per heavy atom. The van der Waals surface area contributed by atoms with Crippen LogP contribution in [0.5, 0.6) is 0 Å². The van der Waals surface area contributed by atoms with Crippen molar-refractivity contribution in [2.24, 2.45) is 11.8 Å². The van der Waals surface area contributed by atoms with Gasteiger partial charge in [0, 0.05) is 18.7 Å². The summed E-state index contributed by atoms with van der Waals surface area (Å²) in [6.07, 6.45) is 6.87. The third kappa shape index (κ3) is 5.18. The van der Waals surface area contributed by atoms with Gasteiger partial charge in [0.2, 0.25) is 5.91 Å². The van der Waals surface area contributed by atoms with Gasteiger partial charge in [-0.05, 0) is 37.3 Å². The Morgan fingerprint density at radius 2 is 1.71 bits per heavy atom. The lowest BCUT2D eigenvalue weighted by Crippen LogP contribution is -2.36. The summed E-state index contributed by atoms with van der Waals surface area (Å²) in [4.78, 5) is 14.7. The molecule has 0 saturated heterocycles. The molecule has 21 heavy (non-hydrogen) atoms. The molecule has 0 N–H and O–H groups in total. The molecule has 118 valence electrons. The van der Waals surface area contributed by atoms with Crippen molar-refractivity contribution in [1.82, 2.24) is 0 Å². The van der Waals surface area contributed by atoms with Crippen molar-refractivity contribution in [2.45, 2.75) is 59.3 Å². The maximum Gasteiger partial charge on any atom is 0.230 e. The van der Waals surface area contributed by atoms with E-state index < -0.39 is 0 Å². The van der Waals surface area contributed by atoms with Crippen LogP contribution >= 0.6 is 0 Å². The van der Waals surface area contributed by atoms with Gasteiger partial charge in [0.25, 0.3) is 0 Å². The van der Waals surface area contributed by atoms with E-state index in [-0.39, 0.29) is 11.8 Å². The molecule has 2 heteroatoms. The molecular weight excluding hydrogens is 258 g/mol. The summed E-state index contributed by atoms with van der Waals surface area (Å²) in [5.41, 5.74) is 0.992. The first kappa shape index (κ1) is 17.7. The van der Waals surface area contributed by atoms with Crippen molar-refractivity contribution in [3.63, 3.8) is 0 Å². The van der Waals surface area contributed by atoms with Gasteiger partial charge in [0.1, 0.15) is 0 Å². The molecule has 0 aliphatic carbocycles. The first-order chi connectivity index (χ1) is 10.2. The molecule has 0 bridgehead atoms. The van der Waals surface area contributed by atoms with Gasteiger partial charge in [-0.3, -0.25) is 4.79 Å². The van der Waals surface area contributed by atoms with Crippen LogP contribution in [0.25, 0.3) is 0 Å². The van der Waals surface area contributed by atoms with Gasteiger partial charge < -0.3 is 4.90 Å². The van der Waals surface area contributed by atoms with Crippen molar-refractivity contribution in [2.75, 3.05) is 11.9 Å². The second-order valence-corrected chi connectivity index (χ2v) is 5.94. The Bertz CT molecular complexity index is 401. The second kappa shape index (κ2) is 9.59. The Morgan fingerprint density at radius 3 is 2.24 bits per heavy atom. The lowest BCUT2D eigenvalue weighted by Gasteiger charge is -2.29. The number of carbonyl (C=O) groups is 1. The Balaban J connectivity index is 2.82. The van der Waals surface area contributed by atoms with Crippen molar-refractivity contribution >= 4 is 11.6 Å². The first-order valence-electron chi connectivity index (χ1n) is 8.48. The molecule has 0 aromatic heterocycles. The summed E-state index contributed by atoms with van der Waals surface area (Å²) >= 11 is 0. The average Bonchev–Trinajstić information content (AvgIpc) is 2.53. The van der Waals surface area contributed by atoms with Crippen LogP contribution in [-0.4, -0.2) is 13.0 Å². The van der Waals surface area contributed by atoms with Gasteiger partial charge in [-0.25, -0.2) is 0 Å². The van der Waals surface area contributed by atoms with Gasteiger partial charge >= 0.3 is 0 Å². The molecule has 0 spiro atoms. The number of anilines is 1. The minimum Gasteiger partial charge on any atom is -0.315 e. The number of hydrogen-bond acceptors (Lipinski definition) is 1. The average molecular weight is 289 g/mol. The monoisotopic (exact) mass is 289 g/mol. The van der Waals surface area contributed by atoms with Crippen LogP contribution in [0, 0.1) is 11.8 Å². The Kier molecular flexibility index (Phi) is 8.11. The summed E-state index contributed by atoms with van der Waals surface area (Å²) in [5.74, 6) is 0.957. The smallest absolute Gasteiger partial charge is 0.230 e. The van der Waals surface area contributed by atoms with E-state index in [0.717, 1.165) is 24.9 Å². The lowest BCUT2D eigenvalue weighted by molar-refractivity contribution is -0.124. The van der Waals surface area contributed by atoms with E-state index in [2.05, 4.69) is 20.8 Å². The van der Waals surface area contributed by atoms with E-state index in [9.17, 15) is 4.79 Å². The van der Waals surface area contributed by atoms with Crippen LogP contribution in [0.1, 0.15) is 59.3 Å². The molecule has 1 aromatic rings. The molecule has 1 aromatic carbocycles. The summed E-state index contributed by atoms with van der Waals surface area (Å²) < 4.78 is 0. The zero-order valence-corrected chi connectivity index (χ0v) is 14.1. The van der Waals surface area contributed by atoms with Gasteiger partial charge in [-0.1, -0.05) is 58.2 Å². The van der Waals surface area contributed by atoms with Crippen molar-refractivity contribution in [3.05, 3.63) is 30.3 Å². The van der Waals surface area contributed by atoms with Gasteiger partial charge in [-0.15, -0.1) is 0 Å². The maximum absolute atomic E-state index is 12.9. The lowest BCUT2D eigenvalue weighted by atomic mass is 9.82. The molecule has 2 nitrogen and oxygen atoms in total. The number of carbonyl (C=O) groups excluding carboxylic acids is 1. The van der Waals surface area contributed by atoms with Crippen LogP contribution in [0.2, 0.25) is 0 Å². The highest BCUT2D eigenvalue weighted by atomic mass is 16.2. The third-order valence-electron chi connectivity index (χ3n) is 4.39. The second-order valence-electron chi connectivity index (χ2n) is 5.94. The van der Waals surface area contributed by atoms with E-state index in [0.29, 0.717) is 5.92 Å². The van der Waals surface area contributed by atoms with Gasteiger partial charge in [-0.2, -0.15) is 0 Å². The van der Waals surface area contributed by atoms with E-state index in [1.54, 1.807) is 0 Å². The number of nitrogens with zero attached hydrogens (tertiary/aromatic N) is 1. The molecule has 0 saturated carbocycles. The van der Waals surface area contributed by atoms with E-state index in [4.69, 9.17) is 0 Å². The first-order valence-corrected chi connectivity index (χ1v) is 8.48. The molecule has 0 radical (unpaired) electrons. The number of hydrogen-bond donors (Lipinski definition) is 0. The fourth-order valence-corrected chi connectivity index (χ4v) is 3.12. The fraction of sp³-hybridized carbons (Fsp3) is 0.632. The van der Waals surface area contributed by atoms with Crippen molar-refractivity contribution in [3.8, 4) is 0 Å². The maximum atomic E-state index is 12.9. The van der Waals surface area contributed by atoms with E-state index >= 15 is 0 Å². The number of unbranched alkanes of at least 4 members (excludes halogenated alkanes) is 1. The largest absolute Gasteiger partial charge is 0.315 e. The fourth-order valence-electron chi connectivity index (χ4n) is 3.12. The molecule has 0 fully saturated rings. The van der Waals surface area contributed by atoms with E-state index in [1.807, 2.05) is 42.3 Å². The van der Waals surface area contributed by atoms with Gasteiger partial charge in [0.05, 0.1) is 0 Å². The normalized spacial score (nSPS) is 13.7. The molecule has 2 unspecified atom stereocenters. The molecule has 0 aliphatic heterocycles. The quantitative estimate of drug-likeness (QED) is 0.605. The van der Waals surface area contributed by atoms with Crippen LogP contribution < -0.4 is 4.90 Å². The minimum atomic E-state index is 0.154. The van der Waals surface area contributed by atoms with Crippen LogP contribution in [0.3, 0.4) is 0 Å². The number of rotatable bonds is 9. The predicted molar refractivity (Wildman–Crippen MR) is 91.6 cm³/mol. The number of amides is 1. The Labute approximate surface area is 130 Å². The molecular formula is C19H31NO. The Hall–Kier alpha value is -1.31. The zero-order chi connectivity index (χ0) is 15.7. The molecule has 1 rings (SSSR count). The summed E-state index contributed by atoms with van der Waals surface area (Å²) in [6.45, 7) is 6.59. The topological polar surface area (TPSA) is 20.3 Å². The minimum absolute atomic E-state index is 0.154. The zero-order valence-electron chi connectivity index (χ0n) is 14.1. The van der Waals surface area contributed by atoms with Crippen LogP contribution in [0.15, 0.2) is 30.3 Å². The predicted octanol–water partition coefficient (Wildman–Crippen LogP) is 5.28. The summed E-state index contributed by atoms with van der Waals surface area (Å²) in [7, 11) is 1.91. The summed E-state index contributed by atoms with van der Waals surface area (Å²) in [5, 5.41) is 0. The highest BCUT2D eigenvalue weighted by Gasteiger charge is 2.28. The number of benzene rings is 1. The highest BCUT2D eigenvalue weighted by Crippen LogP contribution is 2.29. The third-order valence-corrected chi connectivity index (χ3v) is 4.39. The van der Waals surface area contributed by atoms with E-state index in [1.165, 1.54) is 19.3 Å². The van der Waals surface area contributed by atoms with Crippen LogP contribution in [0.4, 0.5) is 5.69 Å². The van der Waals surface area contributed by atoms with Crippen molar-refractivity contribution < 1.29 is 4.79 Å². The SMILES string of the molecule is CCCCC(CCC)C(CC)C(=O)N(C)c1ccccc1. The molecule has 1 amide bonds. The van der Waals surface area contributed by atoms with Crippen molar-refractivity contribution in [1.29, 1.82) is 0 Å². The standard InChI is InChI=1S/C19H31NO/c1-5-8-13-16(12-6-2)18(7-3)19(21)20(4)17-14-10-9-11-15-17/h9-11,14-16,18H,5-8,12-13H2,1-4H3. The molecule has 2 atom stereocenters. The number of para-hydroxylation sites is 1. The molecule has 0 heterocycles.